The number of hydrogen-bond acceptors (Lipinski definition) is 4. The molecule has 1 saturated heterocycles. The molecule has 1 unspecified atom stereocenters. The van der Waals surface area contributed by atoms with Crippen LogP contribution in [0.4, 0.5) is 0 Å². The quantitative estimate of drug-likeness (QED) is 0.810. The summed E-state index contributed by atoms with van der Waals surface area (Å²) in [6.45, 7) is 6.00. The lowest BCUT2D eigenvalue weighted by Gasteiger charge is -2.24. The zero-order chi connectivity index (χ0) is 13.3. The van der Waals surface area contributed by atoms with Crippen LogP contribution in [0.3, 0.4) is 0 Å². The van der Waals surface area contributed by atoms with Crippen molar-refractivity contribution in [1.29, 1.82) is 0 Å². The molecule has 1 aliphatic heterocycles. The van der Waals surface area contributed by atoms with Gasteiger partial charge >= 0.3 is 5.97 Å². The first-order chi connectivity index (χ1) is 7.65. The van der Waals surface area contributed by atoms with Crippen LogP contribution >= 0.6 is 0 Å². The van der Waals surface area contributed by atoms with Gasteiger partial charge in [-0.15, -0.1) is 0 Å². The van der Waals surface area contributed by atoms with E-state index in [-0.39, 0.29) is 5.75 Å². The number of carbonyl (C=O) groups is 1. The van der Waals surface area contributed by atoms with Gasteiger partial charge in [-0.2, -0.15) is 0 Å². The van der Waals surface area contributed by atoms with Crippen molar-refractivity contribution in [2.24, 2.45) is 0 Å². The molecular weight excluding hydrogens is 242 g/mol. The highest BCUT2D eigenvalue weighted by Crippen LogP contribution is 2.20. The van der Waals surface area contributed by atoms with Crippen molar-refractivity contribution in [2.45, 2.75) is 44.4 Å². The Morgan fingerprint density at radius 1 is 1.41 bits per heavy atom. The van der Waals surface area contributed by atoms with E-state index in [0.29, 0.717) is 19.5 Å². The highest BCUT2D eigenvalue weighted by molar-refractivity contribution is 7.92. The highest BCUT2D eigenvalue weighted by Gasteiger charge is 2.34. The molecular formula is C11H21NO4S. The second kappa shape index (κ2) is 4.94. The van der Waals surface area contributed by atoms with Crippen molar-refractivity contribution in [3.8, 4) is 0 Å². The van der Waals surface area contributed by atoms with E-state index in [2.05, 4.69) is 0 Å². The summed E-state index contributed by atoms with van der Waals surface area (Å²) in [5, 5.41) is 8.98. The smallest absolute Gasteiger partial charge is 0.320 e. The van der Waals surface area contributed by atoms with Crippen LogP contribution in [0, 0.1) is 0 Å². The average molecular weight is 263 g/mol. The summed E-state index contributed by atoms with van der Waals surface area (Å²) in [6, 6.07) is -0.509. The maximum Gasteiger partial charge on any atom is 0.320 e. The Hall–Kier alpha value is -0.620. The first-order valence-electron chi connectivity index (χ1n) is 5.84. The second-order valence-corrected chi connectivity index (χ2v) is 8.33. The van der Waals surface area contributed by atoms with E-state index < -0.39 is 26.6 Å². The van der Waals surface area contributed by atoms with Crippen LogP contribution < -0.4 is 0 Å². The highest BCUT2D eigenvalue weighted by atomic mass is 32.2. The predicted molar refractivity (Wildman–Crippen MR) is 65.8 cm³/mol. The van der Waals surface area contributed by atoms with Crippen LogP contribution in [-0.2, 0) is 14.6 Å². The SMILES string of the molecule is CC(C)(C)S(=O)(=O)CCN1CCCC1C(=O)O. The fourth-order valence-electron chi connectivity index (χ4n) is 1.92. The molecule has 0 saturated carbocycles. The molecule has 1 rings (SSSR count). The van der Waals surface area contributed by atoms with Gasteiger partial charge in [0.1, 0.15) is 6.04 Å². The minimum atomic E-state index is -3.17. The van der Waals surface area contributed by atoms with Gasteiger partial charge in [-0.05, 0) is 40.2 Å². The van der Waals surface area contributed by atoms with Gasteiger partial charge in [0.05, 0.1) is 10.5 Å². The minimum Gasteiger partial charge on any atom is -0.480 e. The van der Waals surface area contributed by atoms with Gasteiger partial charge in [0.15, 0.2) is 9.84 Å². The molecule has 17 heavy (non-hydrogen) atoms. The number of carboxylic acids is 1. The second-order valence-electron chi connectivity index (χ2n) is 5.46. The van der Waals surface area contributed by atoms with Crippen LogP contribution in [0.25, 0.3) is 0 Å². The van der Waals surface area contributed by atoms with Crippen molar-refractivity contribution < 1.29 is 18.3 Å². The van der Waals surface area contributed by atoms with Crippen LogP contribution in [-0.4, -0.2) is 54.0 Å². The molecule has 0 aromatic carbocycles. The Kier molecular flexibility index (Phi) is 4.19. The average Bonchev–Trinajstić information content (AvgIpc) is 2.60. The molecule has 0 spiro atoms. The van der Waals surface area contributed by atoms with Crippen molar-refractivity contribution >= 4 is 15.8 Å². The fourth-order valence-corrected chi connectivity index (χ4v) is 3.00. The summed E-state index contributed by atoms with van der Waals surface area (Å²) in [4.78, 5) is 12.7. The largest absolute Gasteiger partial charge is 0.480 e. The predicted octanol–water partition coefficient (Wildman–Crippen LogP) is 0.749. The molecule has 0 bridgehead atoms. The third-order valence-corrected chi connectivity index (χ3v) is 5.82. The lowest BCUT2D eigenvalue weighted by atomic mass is 10.2. The number of rotatable bonds is 4. The number of nitrogens with zero attached hydrogens (tertiary/aromatic N) is 1. The first-order valence-corrected chi connectivity index (χ1v) is 7.49. The Morgan fingerprint density at radius 3 is 2.47 bits per heavy atom. The summed E-state index contributed by atoms with van der Waals surface area (Å²) < 4.78 is 23.1. The van der Waals surface area contributed by atoms with Crippen LogP contribution in [0.15, 0.2) is 0 Å². The first kappa shape index (κ1) is 14.4. The van der Waals surface area contributed by atoms with Crippen molar-refractivity contribution in [1.82, 2.24) is 4.90 Å². The third kappa shape index (κ3) is 3.42. The minimum absolute atomic E-state index is 0.0281. The Bertz CT molecular complexity index is 383. The molecule has 0 aromatic rings. The van der Waals surface area contributed by atoms with Gasteiger partial charge in [-0.1, -0.05) is 0 Å². The van der Waals surface area contributed by atoms with Crippen molar-refractivity contribution in [3.05, 3.63) is 0 Å². The van der Waals surface area contributed by atoms with Crippen molar-refractivity contribution in [3.63, 3.8) is 0 Å². The van der Waals surface area contributed by atoms with Crippen LogP contribution in [0.2, 0.25) is 0 Å². The maximum absolute atomic E-state index is 11.9. The van der Waals surface area contributed by atoms with E-state index >= 15 is 0 Å². The molecule has 1 atom stereocenters. The van der Waals surface area contributed by atoms with Gasteiger partial charge in [0, 0.05) is 6.54 Å². The lowest BCUT2D eigenvalue weighted by Crippen LogP contribution is -2.41. The van der Waals surface area contributed by atoms with Crippen LogP contribution in [0.5, 0.6) is 0 Å². The molecule has 5 nitrogen and oxygen atoms in total. The molecule has 6 heteroatoms. The van der Waals surface area contributed by atoms with Gasteiger partial charge < -0.3 is 5.11 Å². The molecule has 0 aromatic heterocycles. The summed E-state index contributed by atoms with van der Waals surface area (Å²) >= 11 is 0. The monoisotopic (exact) mass is 263 g/mol. The summed E-state index contributed by atoms with van der Waals surface area (Å²) in [6.07, 6.45) is 1.44. The van der Waals surface area contributed by atoms with Crippen LogP contribution in [0.1, 0.15) is 33.6 Å². The zero-order valence-corrected chi connectivity index (χ0v) is 11.5. The Labute approximate surface area is 103 Å². The van der Waals surface area contributed by atoms with Gasteiger partial charge in [0.2, 0.25) is 0 Å². The summed E-state index contributed by atoms with van der Waals surface area (Å²) in [7, 11) is -3.17. The number of likely N-dealkylation sites (tertiary alicyclic amines) is 1. The molecule has 1 aliphatic rings. The van der Waals surface area contributed by atoms with E-state index in [1.165, 1.54) is 0 Å². The van der Waals surface area contributed by atoms with E-state index in [1.807, 2.05) is 0 Å². The number of carboxylic acid groups (broad SMARTS) is 1. The van der Waals surface area contributed by atoms with E-state index in [4.69, 9.17) is 5.11 Å². The Morgan fingerprint density at radius 2 is 2.00 bits per heavy atom. The molecule has 0 aliphatic carbocycles. The molecule has 100 valence electrons. The normalized spacial score (nSPS) is 22.9. The summed E-state index contributed by atoms with van der Waals surface area (Å²) in [5.41, 5.74) is 0. The molecule has 0 radical (unpaired) electrons. The van der Waals surface area contributed by atoms with Crippen molar-refractivity contribution in [2.75, 3.05) is 18.8 Å². The number of aliphatic carboxylic acids is 1. The molecule has 1 fully saturated rings. The van der Waals surface area contributed by atoms with Gasteiger partial charge in [-0.25, -0.2) is 8.42 Å². The number of sulfone groups is 1. The molecule has 1 N–H and O–H groups in total. The Balaban J connectivity index is 2.60. The maximum atomic E-state index is 11.9. The standard InChI is InChI=1S/C11H21NO4S/c1-11(2,3)17(15,16)8-7-12-6-4-5-9(12)10(13)14/h9H,4-8H2,1-3H3,(H,13,14). The lowest BCUT2D eigenvalue weighted by molar-refractivity contribution is -0.142. The third-order valence-electron chi connectivity index (χ3n) is 3.23. The fraction of sp³-hybridized carbons (Fsp3) is 0.909. The van der Waals surface area contributed by atoms with E-state index in [0.717, 1.165) is 6.42 Å². The molecule has 1 heterocycles. The van der Waals surface area contributed by atoms with Gasteiger partial charge in [0.25, 0.3) is 0 Å². The van der Waals surface area contributed by atoms with E-state index in [9.17, 15) is 13.2 Å². The molecule has 0 amide bonds. The zero-order valence-electron chi connectivity index (χ0n) is 10.6. The topological polar surface area (TPSA) is 74.7 Å². The van der Waals surface area contributed by atoms with Gasteiger partial charge in [-0.3, -0.25) is 9.69 Å². The van der Waals surface area contributed by atoms with E-state index in [1.54, 1.807) is 25.7 Å². The summed E-state index contributed by atoms with van der Waals surface area (Å²) in [5.74, 6) is -0.823. The number of hydrogen-bond donors (Lipinski definition) is 1.